The first-order valence-corrected chi connectivity index (χ1v) is 15.5. The SMILES string of the molecule is CO/N=C(\C(=O)N[C@@H]1C(=O)N2C(C(=O)[O-])=C(CSc3cc(=O)c4cc5c(cc4s3)OCO5)CS[C@H]12)c1csc(N)n1.[Na+]. The Labute approximate surface area is 275 Å². The van der Waals surface area contributed by atoms with Crippen molar-refractivity contribution in [1.82, 2.24) is 15.2 Å². The third-order valence-corrected chi connectivity index (χ3v) is 10.7. The molecule has 0 radical (unpaired) electrons. The summed E-state index contributed by atoms with van der Waals surface area (Å²) in [6, 6.07) is 3.90. The van der Waals surface area contributed by atoms with E-state index in [4.69, 9.17) is 20.0 Å². The van der Waals surface area contributed by atoms with Crippen molar-refractivity contribution < 1.29 is 63.4 Å². The average Bonchev–Trinajstić information content (AvgIpc) is 3.60. The zero-order valence-corrected chi connectivity index (χ0v) is 27.2. The number of fused-ring (bicyclic) bond motifs is 3. The Balaban J connectivity index is 0.00000353. The fraction of sp³-hybridized carbons (Fsp3) is 0.250. The number of thioether (sulfide) groups is 2. The number of rotatable bonds is 8. The van der Waals surface area contributed by atoms with Crippen LogP contribution in [0.1, 0.15) is 5.69 Å². The van der Waals surface area contributed by atoms with Gasteiger partial charge in [0, 0.05) is 39.1 Å². The average molecular weight is 656 g/mol. The number of β-lactam (4-membered cyclic amide) rings is 1. The van der Waals surface area contributed by atoms with Crippen molar-refractivity contribution in [3.8, 4) is 11.5 Å². The molecular formula is C24H18N5NaO8S4. The van der Waals surface area contributed by atoms with Crippen LogP contribution < -0.4 is 60.6 Å². The predicted octanol–water partition coefficient (Wildman–Crippen LogP) is -2.42. The van der Waals surface area contributed by atoms with Gasteiger partial charge in [-0.1, -0.05) is 5.16 Å². The second-order valence-electron chi connectivity index (χ2n) is 8.71. The van der Waals surface area contributed by atoms with E-state index in [0.717, 1.165) is 16.2 Å². The normalized spacial score (nSPS) is 19.2. The molecule has 3 aliphatic rings. The number of hydrogen-bond acceptors (Lipinski definition) is 15. The summed E-state index contributed by atoms with van der Waals surface area (Å²) in [5, 5.41) is 20.1. The standard InChI is InChI=1S/C24H19N5O8S4.Na/c1-35-28-17(11-7-40-24(25)26-11)20(31)27-18-21(32)29-19(23(33)34)9(6-39-22(18)29)5-38-16-3-12(30)10-2-13-14(37-8-36-13)4-15(10)41-16;/h2-4,7,18,22H,5-6,8H2,1H3,(H2,25,26)(H,27,31)(H,33,34);/q;+1/p-1/b28-17-;/t18-,22-;/m1./s1. The van der Waals surface area contributed by atoms with Crippen molar-refractivity contribution in [1.29, 1.82) is 0 Å². The Bertz CT molecular complexity index is 1740. The smallest absolute Gasteiger partial charge is 0.543 e. The number of carboxylic acids is 1. The van der Waals surface area contributed by atoms with Crippen molar-refractivity contribution in [2.45, 2.75) is 15.6 Å². The summed E-state index contributed by atoms with van der Waals surface area (Å²) in [6.07, 6.45) is 0. The zero-order chi connectivity index (χ0) is 28.8. The number of aliphatic carboxylic acids is 1. The first-order chi connectivity index (χ1) is 19.7. The summed E-state index contributed by atoms with van der Waals surface area (Å²) >= 11 is 5.08. The van der Waals surface area contributed by atoms with Crippen LogP contribution in [-0.4, -0.2) is 70.2 Å². The molecule has 42 heavy (non-hydrogen) atoms. The van der Waals surface area contributed by atoms with Gasteiger partial charge in [-0.15, -0.1) is 46.2 Å². The molecule has 0 spiro atoms. The summed E-state index contributed by atoms with van der Waals surface area (Å²) in [6.45, 7) is 0.0908. The Morgan fingerprint density at radius 2 is 2.05 bits per heavy atom. The maximum atomic E-state index is 13.1. The number of carbonyl (C=O) groups is 3. The van der Waals surface area contributed by atoms with E-state index < -0.39 is 29.2 Å². The van der Waals surface area contributed by atoms with Gasteiger partial charge in [-0.3, -0.25) is 19.3 Å². The molecule has 3 aromatic rings. The number of aromatic nitrogens is 1. The molecule has 212 valence electrons. The molecule has 13 nitrogen and oxygen atoms in total. The van der Waals surface area contributed by atoms with Gasteiger partial charge in [0.1, 0.15) is 24.2 Å². The summed E-state index contributed by atoms with van der Waals surface area (Å²) in [5.41, 5.74) is 5.72. The van der Waals surface area contributed by atoms with Crippen LogP contribution in [0.25, 0.3) is 10.1 Å². The van der Waals surface area contributed by atoms with Gasteiger partial charge in [0.25, 0.3) is 11.8 Å². The van der Waals surface area contributed by atoms with Gasteiger partial charge in [0.05, 0.1) is 15.9 Å². The van der Waals surface area contributed by atoms with Crippen LogP contribution >= 0.6 is 46.2 Å². The predicted molar refractivity (Wildman–Crippen MR) is 152 cm³/mol. The van der Waals surface area contributed by atoms with Crippen LogP contribution in [0.15, 0.2) is 49.0 Å². The zero-order valence-electron chi connectivity index (χ0n) is 21.9. The van der Waals surface area contributed by atoms with Crippen LogP contribution in [0.4, 0.5) is 5.13 Å². The molecule has 1 saturated heterocycles. The van der Waals surface area contributed by atoms with Gasteiger partial charge in [0.15, 0.2) is 27.8 Å². The molecule has 2 atom stereocenters. The van der Waals surface area contributed by atoms with Gasteiger partial charge in [-0.25, -0.2) is 4.98 Å². The topological polar surface area (TPSA) is 186 Å². The third-order valence-electron chi connectivity index (χ3n) is 6.28. The van der Waals surface area contributed by atoms with E-state index in [0.29, 0.717) is 31.4 Å². The van der Waals surface area contributed by atoms with Crippen LogP contribution in [0, 0.1) is 0 Å². The van der Waals surface area contributed by atoms with E-state index in [2.05, 4.69) is 15.5 Å². The number of benzene rings is 1. The molecule has 1 aromatic carbocycles. The molecule has 5 heterocycles. The number of carbonyl (C=O) groups excluding carboxylic acids is 3. The van der Waals surface area contributed by atoms with Gasteiger partial charge < -0.3 is 35.3 Å². The van der Waals surface area contributed by atoms with E-state index >= 15 is 0 Å². The van der Waals surface area contributed by atoms with E-state index in [-0.39, 0.29) is 75.5 Å². The Hall–Kier alpha value is -2.80. The third kappa shape index (κ3) is 5.61. The molecule has 0 saturated carbocycles. The van der Waals surface area contributed by atoms with Gasteiger partial charge >= 0.3 is 29.6 Å². The first kappa shape index (κ1) is 30.7. The van der Waals surface area contributed by atoms with Crippen LogP contribution in [0.5, 0.6) is 11.5 Å². The number of oxime groups is 1. The second kappa shape index (κ2) is 12.4. The van der Waals surface area contributed by atoms with E-state index in [1.165, 1.54) is 53.4 Å². The van der Waals surface area contributed by atoms with Crippen molar-refractivity contribution in [2.24, 2.45) is 5.16 Å². The van der Waals surface area contributed by atoms with Crippen LogP contribution in [0.2, 0.25) is 0 Å². The fourth-order valence-corrected chi connectivity index (χ4v) is 8.71. The maximum Gasteiger partial charge on any atom is 1.00 e. The molecule has 3 aliphatic heterocycles. The molecule has 2 aromatic heterocycles. The number of nitrogens with one attached hydrogen (secondary N) is 1. The Morgan fingerprint density at radius 3 is 2.74 bits per heavy atom. The monoisotopic (exact) mass is 655 g/mol. The number of hydrogen-bond donors (Lipinski definition) is 2. The fourth-order valence-electron chi connectivity index (χ4n) is 4.44. The quantitative estimate of drug-likeness (QED) is 0.0862. The minimum absolute atomic E-state index is 0. The van der Waals surface area contributed by atoms with E-state index in [1.54, 1.807) is 12.1 Å². The van der Waals surface area contributed by atoms with Crippen LogP contribution in [-0.2, 0) is 19.2 Å². The van der Waals surface area contributed by atoms with E-state index in [1.807, 2.05) is 0 Å². The number of nitrogens with zero attached hydrogens (tertiary/aromatic N) is 3. The number of nitrogens with two attached hydrogens (primary N) is 1. The van der Waals surface area contributed by atoms with Crippen molar-refractivity contribution in [3.05, 3.63) is 50.8 Å². The van der Waals surface area contributed by atoms with Gasteiger partial charge in [0.2, 0.25) is 6.79 Å². The largest absolute Gasteiger partial charge is 1.00 e. The molecular weight excluding hydrogens is 638 g/mol. The molecule has 0 bridgehead atoms. The number of amides is 2. The molecule has 0 unspecified atom stereocenters. The molecule has 3 N–H and O–H groups in total. The number of thiazole rings is 1. The molecule has 2 amide bonds. The molecule has 6 rings (SSSR count). The van der Waals surface area contributed by atoms with Crippen molar-refractivity contribution in [3.63, 3.8) is 0 Å². The van der Waals surface area contributed by atoms with Gasteiger partial charge in [-0.2, -0.15) is 0 Å². The van der Waals surface area contributed by atoms with Crippen LogP contribution in [0.3, 0.4) is 0 Å². The van der Waals surface area contributed by atoms with E-state index in [9.17, 15) is 24.3 Å². The summed E-state index contributed by atoms with van der Waals surface area (Å²) in [7, 11) is 1.26. The summed E-state index contributed by atoms with van der Waals surface area (Å²) in [4.78, 5) is 60.8. The first-order valence-electron chi connectivity index (χ1n) is 11.8. The molecule has 1 fully saturated rings. The summed E-state index contributed by atoms with van der Waals surface area (Å²) < 4.78 is 12.1. The number of ether oxygens (including phenoxy) is 2. The summed E-state index contributed by atoms with van der Waals surface area (Å²) in [5.74, 6) is -1.25. The minimum Gasteiger partial charge on any atom is -0.543 e. The number of nitrogen functional groups attached to an aromatic ring is 1. The van der Waals surface area contributed by atoms with Gasteiger partial charge in [-0.05, 0) is 11.6 Å². The minimum atomic E-state index is -1.50. The van der Waals surface area contributed by atoms with Crippen molar-refractivity contribution in [2.75, 3.05) is 31.1 Å². The second-order valence-corrected chi connectivity index (χ2v) is 13.1. The Kier molecular flexibility index (Phi) is 9.08. The van der Waals surface area contributed by atoms with Crippen molar-refractivity contribution >= 4 is 84.9 Å². The maximum absolute atomic E-state index is 13.1. The number of anilines is 1. The molecule has 0 aliphatic carbocycles. The molecule has 18 heteroatoms. The number of carboxylic acid groups (broad SMARTS) is 1. The Morgan fingerprint density at radius 1 is 1.29 bits per heavy atom.